The number of fused-ring (bicyclic) bond motifs is 1. The van der Waals surface area contributed by atoms with E-state index in [1.165, 1.54) is 12.0 Å². The Labute approximate surface area is 169 Å². The molecular weight excluding hydrogens is 372 g/mol. The predicted molar refractivity (Wildman–Crippen MR) is 108 cm³/mol. The predicted octanol–water partition coefficient (Wildman–Crippen LogP) is 3.51. The molecule has 1 atom stereocenters. The molecule has 0 fully saturated rings. The Morgan fingerprint density at radius 2 is 1.76 bits per heavy atom. The van der Waals surface area contributed by atoms with Gasteiger partial charge in [-0.25, -0.2) is 6.57 Å². The van der Waals surface area contributed by atoms with E-state index in [9.17, 15) is 9.59 Å². The SMILES string of the molecule is [C-]#[N+]C1C(=O)c2cc(OC)c(OC(C)C)cc2N(Cc2ccc(OC)cc2)C1=O. The molecule has 1 unspecified atom stereocenters. The summed E-state index contributed by atoms with van der Waals surface area (Å²) in [7, 11) is 3.06. The van der Waals surface area contributed by atoms with E-state index in [2.05, 4.69) is 4.85 Å². The van der Waals surface area contributed by atoms with Crippen molar-refractivity contribution in [2.75, 3.05) is 19.1 Å². The maximum absolute atomic E-state index is 12.9. The number of carbonyl (C=O) groups is 2. The first-order valence-corrected chi connectivity index (χ1v) is 9.13. The molecule has 1 amide bonds. The van der Waals surface area contributed by atoms with Gasteiger partial charge in [-0.15, -0.1) is 0 Å². The van der Waals surface area contributed by atoms with Crippen LogP contribution in [0.1, 0.15) is 29.8 Å². The largest absolute Gasteiger partial charge is 0.497 e. The van der Waals surface area contributed by atoms with Crippen LogP contribution < -0.4 is 19.1 Å². The lowest BCUT2D eigenvalue weighted by molar-refractivity contribution is -0.118. The highest BCUT2D eigenvalue weighted by molar-refractivity contribution is 6.25. The Kier molecular flexibility index (Phi) is 5.74. The van der Waals surface area contributed by atoms with Gasteiger partial charge >= 0.3 is 11.9 Å². The van der Waals surface area contributed by atoms with E-state index < -0.39 is 17.7 Å². The van der Waals surface area contributed by atoms with E-state index in [1.807, 2.05) is 26.0 Å². The molecular formula is C22H22N2O5. The average Bonchev–Trinajstić information content (AvgIpc) is 2.71. The Balaban J connectivity index is 2.10. The summed E-state index contributed by atoms with van der Waals surface area (Å²) in [6.07, 6.45) is -0.122. The van der Waals surface area contributed by atoms with Crippen molar-refractivity contribution >= 4 is 17.4 Å². The van der Waals surface area contributed by atoms with Crippen molar-refractivity contribution in [1.82, 2.24) is 0 Å². The van der Waals surface area contributed by atoms with Gasteiger partial charge in [0.05, 0.1) is 38.1 Å². The smallest absolute Gasteiger partial charge is 0.362 e. The van der Waals surface area contributed by atoms with Gasteiger partial charge in [-0.05, 0) is 37.6 Å². The number of ether oxygens (including phenoxy) is 3. The number of carbonyl (C=O) groups excluding carboxylic acids is 2. The second kappa shape index (κ2) is 8.23. The van der Waals surface area contributed by atoms with E-state index in [4.69, 9.17) is 20.8 Å². The van der Waals surface area contributed by atoms with Crippen molar-refractivity contribution in [3.8, 4) is 17.2 Å². The Hall–Kier alpha value is -3.53. The maximum Gasteiger partial charge on any atom is 0.362 e. The van der Waals surface area contributed by atoms with E-state index in [0.717, 1.165) is 5.56 Å². The third-order valence-electron chi connectivity index (χ3n) is 4.58. The monoisotopic (exact) mass is 394 g/mol. The first-order valence-electron chi connectivity index (χ1n) is 9.13. The molecule has 1 heterocycles. The van der Waals surface area contributed by atoms with Crippen LogP contribution in [0.3, 0.4) is 0 Å². The molecule has 2 aromatic rings. The van der Waals surface area contributed by atoms with Crippen LogP contribution in [0.25, 0.3) is 4.85 Å². The minimum atomic E-state index is -1.40. The van der Waals surface area contributed by atoms with Gasteiger partial charge in [0, 0.05) is 6.07 Å². The van der Waals surface area contributed by atoms with Crippen molar-refractivity contribution in [2.24, 2.45) is 0 Å². The number of hydrogen-bond acceptors (Lipinski definition) is 5. The highest BCUT2D eigenvalue weighted by atomic mass is 16.5. The van der Waals surface area contributed by atoms with Gasteiger partial charge in [0.1, 0.15) is 5.75 Å². The number of methoxy groups -OCH3 is 2. The lowest BCUT2D eigenvalue weighted by Crippen LogP contribution is -2.46. The van der Waals surface area contributed by atoms with Crippen LogP contribution in [0.5, 0.6) is 17.2 Å². The molecule has 0 saturated carbocycles. The van der Waals surface area contributed by atoms with E-state index in [1.54, 1.807) is 31.4 Å². The van der Waals surface area contributed by atoms with Gasteiger partial charge in [0.15, 0.2) is 11.5 Å². The zero-order valence-electron chi connectivity index (χ0n) is 16.8. The van der Waals surface area contributed by atoms with Gasteiger partial charge in [0.2, 0.25) is 0 Å². The number of hydrogen-bond donors (Lipinski definition) is 0. The standard InChI is InChI=1S/C22H22N2O5/c1-13(2)29-19-11-17-16(10-18(19)28-5)21(25)20(23-3)22(26)24(17)12-14-6-8-15(27-4)9-7-14/h6-11,13,20H,12H2,1-2,4-5H3. The molecule has 0 saturated heterocycles. The lowest BCUT2D eigenvalue weighted by Gasteiger charge is -2.30. The van der Waals surface area contributed by atoms with E-state index >= 15 is 0 Å². The van der Waals surface area contributed by atoms with Crippen molar-refractivity contribution in [3.63, 3.8) is 0 Å². The van der Waals surface area contributed by atoms with Crippen LogP contribution in [-0.4, -0.2) is 38.1 Å². The molecule has 7 heteroatoms. The first-order chi connectivity index (χ1) is 13.9. The summed E-state index contributed by atoms with van der Waals surface area (Å²) in [6.45, 7) is 11.3. The summed E-state index contributed by atoms with van der Waals surface area (Å²) in [5.41, 5.74) is 1.52. The highest BCUT2D eigenvalue weighted by Crippen LogP contribution is 2.40. The maximum atomic E-state index is 12.9. The van der Waals surface area contributed by atoms with Crippen molar-refractivity contribution in [1.29, 1.82) is 0 Å². The summed E-state index contributed by atoms with van der Waals surface area (Å²) in [6, 6.07) is 9.04. The third kappa shape index (κ3) is 3.87. The third-order valence-corrected chi connectivity index (χ3v) is 4.58. The fraction of sp³-hybridized carbons (Fsp3) is 0.318. The second-order valence-corrected chi connectivity index (χ2v) is 6.86. The van der Waals surface area contributed by atoms with Gasteiger partial charge < -0.3 is 14.2 Å². The highest BCUT2D eigenvalue weighted by Gasteiger charge is 2.45. The van der Waals surface area contributed by atoms with Crippen molar-refractivity contribution in [3.05, 3.63) is 58.9 Å². The molecule has 0 N–H and O–H groups in total. The normalized spacial score (nSPS) is 15.7. The molecule has 0 aliphatic carbocycles. The zero-order chi connectivity index (χ0) is 21.1. The number of amides is 1. The molecule has 150 valence electrons. The molecule has 0 radical (unpaired) electrons. The second-order valence-electron chi connectivity index (χ2n) is 6.86. The first kappa shape index (κ1) is 20.2. The van der Waals surface area contributed by atoms with Gasteiger partial charge in [-0.2, -0.15) is 0 Å². The number of anilines is 1. The van der Waals surface area contributed by atoms with Crippen LogP contribution >= 0.6 is 0 Å². The van der Waals surface area contributed by atoms with Crippen LogP contribution in [0.2, 0.25) is 0 Å². The quantitative estimate of drug-likeness (QED) is 0.554. The van der Waals surface area contributed by atoms with Gasteiger partial charge in [0.25, 0.3) is 5.78 Å². The lowest BCUT2D eigenvalue weighted by atomic mass is 9.94. The molecule has 29 heavy (non-hydrogen) atoms. The molecule has 1 aliphatic heterocycles. The van der Waals surface area contributed by atoms with E-state index in [-0.39, 0.29) is 18.2 Å². The molecule has 0 bridgehead atoms. The van der Waals surface area contributed by atoms with Crippen LogP contribution in [-0.2, 0) is 11.3 Å². The van der Waals surface area contributed by atoms with Crippen LogP contribution in [0, 0.1) is 6.57 Å². The van der Waals surface area contributed by atoms with Gasteiger partial charge in [-0.3, -0.25) is 19.3 Å². The van der Waals surface area contributed by atoms with Crippen LogP contribution in [0.15, 0.2) is 36.4 Å². The summed E-state index contributed by atoms with van der Waals surface area (Å²) < 4.78 is 16.3. The number of benzene rings is 2. The topological polar surface area (TPSA) is 69.4 Å². The molecule has 0 spiro atoms. The van der Waals surface area contributed by atoms with Crippen molar-refractivity contribution < 1.29 is 23.8 Å². The van der Waals surface area contributed by atoms with Gasteiger partial charge in [-0.1, -0.05) is 12.1 Å². The van der Waals surface area contributed by atoms with Crippen LogP contribution in [0.4, 0.5) is 5.69 Å². The zero-order valence-corrected chi connectivity index (χ0v) is 16.8. The summed E-state index contributed by atoms with van der Waals surface area (Å²) >= 11 is 0. The fourth-order valence-electron chi connectivity index (χ4n) is 3.19. The average molecular weight is 394 g/mol. The molecule has 3 rings (SSSR count). The molecule has 7 nitrogen and oxygen atoms in total. The fourth-order valence-corrected chi connectivity index (χ4v) is 3.19. The number of rotatable bonds is 6. The number of ketones is 1. The minimum Gasteiger partial charge on any atom is -0.497 e. The Bertz CT molecular complexity index is 976. The molecule has 2 aromatic carbocycles. The minimum absolute atomic E-state index is 0.122. The molecule has 0 aromatic heterocycles. The summed E-state index contributed by atoms with van der Waals surface area (Å²) in [5, 5.41) is 0. The van der Waals surface area contributed by atoms with Crippen molar-refractivity contribution in [2.45, 2.75) is 32.5 Å². The Morgan fingerprint density at radius 1 is 1.07 bits per heavy atom. The number of nitrogens with zero attached hydrogens (tertiary/aromatic N) is 2. The summed E-state index contributed by atoms with van der Waals surface area (Å²) in [5.74, 6) is 0.441. The Morgan fingerprint density at radius 3 is 2.31 bits per heavy atom. The number of Topliss-reactive ketones (excluding diaryl/α,β-unsaturated/α-hetero) is 1. The molecule has 1 aliphatic rings. The summed E-state index contributed by atoms with van der Waals surface area (Å²) in [4.78, 5) is 30.4. The van der Waals surface area contributed by atoms with E-state index in [0.29, 0.717) is 22.9 Å².